The third kappa shape index (κ3) is 5.61. The summed E-state index contributed by atoms with van der Waals surface area (Å²) in [6.07, 6.45) is -0.497. The lowest BCUT2D eigenvalue weighted by Gasteiger charge is -2.37. The van der Waals surface area contributed by atoms with E-state index in [1.54, 1.807) is 0 Å². The summed E-state index contributed by atoms with van der Waals surface area (Å²) in [5.41, 5.74) is 2.34. The number of aliphatic hydroxyl groups is 1. The lowest BCUT2D eigenvalue weighted by molar-refractivity contribution is 0.0659. The van der Waals surface area contributed by atoms with Gasteiger partial charge in [0.2, 0.25) is 0 Å². The molecule has 0 amide bonds. The maximum atomic E-state index is 10.4. The van der Waals surface area contributed by atoms with Gasteiger partial charge in [0.1, 0.15) is 18.5 Å². The highest BCUT2D eigenvalue weighted by Gasteiger charge is 2.20. The molecule has 1 unspecified atom stereocenters. The molecular formula is C22H29ClN2O2. The molecule has 1 aliphatic heterocycles. The summed E-state index contributed by atoms with van der Waals surface area (Å²) in [7, 11) is 0. The molecule has 0 saturated carbocycles. The smallest absolute Gasteiger partial charge is 0.122 e. The minimum atomic E-state index is -0.497. The molecule has 2 aromatic rings. The molecule has 0 radical (unpaired) electrons. The molecule has 0 aliphatic carbocycles. The number of para-hydroxylation sites is 1. The standard InChI is InChI=1S/C22H29ClN2O2/c1-17(2)21-8-3-4-9-22(21)27-16-20(26)15-24-10-12-25(13-11-24)19-7-5-6-18(23)14-19/h3-9,14,17,20,26H,10-13,15-16H2,1-2H3. The minimum Gasteiger partial charge on any atom is -0.491 e. The number of β-amino-alcohol motifs (C(OH)–C–C–N with tert-alkyl or cyclic N) is 1. The Labute approximate surface area is 167 Å². The first-order valence-corrected chi connectivity index (χ1v) is 10.0. The van der Waals surface area contributed by atoms with Crippen LogP contribution in [-0.4, -0.2) is 55.4 Å². The molecule has 27 heavy (non-hydrogen) atoms. The van der Waals surface area contributed by atoms with Crippen LogP contribution in [0.1, 0.15) is 25.3 Å². The van der Waals surface area contributed by atoms with Gasteiger partial charge >= 0.3 is 0 Å². The van der Waals surface area contributed by atoms with Gasteiger partial charge in [0, 0.05) is 43.4 Å². The Kier molecular flexibility index (Phi) is 7.00. The summed E-state index contributed by atoms with van der Waals surface area (Å²) >= 11 is 6.09. The molecule has 0 spiro atoms. The van der Waals surface area contributed by atoms with Gasteiger partial charge in [-0.1, -0.05) is 49.7 Å². The number of anilines is 1. The van der Waals surface area contributed by atoms with Crippen LogP contribution >= 0.6 is 11.6 Å². The second kappa shape index (κ2) is 9.45. The molecule has 3 rings (SSSR count). The van der Waals surface area contributed by atoms with Crippen LogP contribution in [0.25, 0.3) is 0 Å². The molecule has 146 valence electrons. The highest BCUT2D eigenvalue weighted by Crippen LogP contribution is 2.26. The molecule has 1 fully saturated rings. The number of rotatable bonds is 7. The van der Waals surface area contributed by atoms with Crippen LogP contribution in [0.5, 0.6) is 5.75 Å². The molecule has 1 atom stereocenters. The van der Waals surface area contributed by atoms with Gasteiger partial charge in [-0.3, -0.25) is 4.90 Å². The van der Waals surface area contributed by atoms with E-state index in [0.29, 0.717) is 19.1 Å². The first kappa shape index (κ1) is 20.0. The van der Waals surface area contributed by atoms with E-state index in [1.807, 2.05) is 36.4 Å². The average molecular weight is 389 g/mol. The molecule has 0 bridgehead atoms. The fraction of sp³-hybridized carbons (Fsp3) is 0.455. The van der Waals surface area contributed by atoms with E-state index in [2.05, 4.69) is 35.8 Å². The number of aliphatic hydroxyl groups excluding tert-OH is 1. The molecule has 5 heteroatoms. The molecule has 4 nitrogen and oxygen atoms in total. The highest BCUT2D eigenvalue weighted by molar-refractivity contribution is 6.30. The molecule has 2 aromatic carbocycles. The van der Waals surface area contributed by atoms with Crippen molar-refractivity contribution in [2.45, 2.75) is 25.9 Å². The Morgan fingerprint density at radius 2 is 1.78 bits per heavy atom. The van der Waals surface area contributed by atoms with Crippen LogP contribution in [0.3, 0.4) is 0 Å². The van der Waals surface area contributed by atoms with Gasteiger partial charge in [0.15, 0.2) is 0 Å². The fourth-order valence-corrected chi connectivity index (χ4v) is 3.67. The average Bonchev–Trinajstić information content (AvgIpc) is 2.67. The normalized spacial score (nSPS) is 16.6. The lowest BCUT2D eigenvalue weighted by atomic mass is 10.0. The third-order valence-corrected chi connectivity index (χ3v) is 5.22. The molecule has 1 heterocycles. The summed E-state index contributed by atoms with van der Waals surface area (Å²) in [5, 5.41) is 11.2. The van der Waals surface area contributed by atoms with Gasteiger partial charge in [0.25, 0.3) is 0 Å². The second-order valence-electron chi connectivity index (χ2n) is 7.42. The van der Waals surface area contributed by atoms with Crippen LogP contribution in [0.2, 0.25) is 5.02 Å². The largest absolute Gasteiger partial charge is 0.491 e. The zero-order chi connectivity index (χ0) is 19.2. The van der Waals surface area contributed by atoms with Gasteiger partial charge in [-0.2, -0.15) is 0 Å². The maximum Gasteiger partial charge on any atom is 0.122 e. The van der Waals surface area contributed by atoms with Crippen molar-refractivity contribution in [3.63, 3.8) is 0 Å². The van der Waals surface area contributed by atoms with E-state index in [1.165, 1.54) is 5.56 Å². The van der Waals surface area contributed by atoms with Gasteiger partial charge in [-0.25, -0.2) is 0 Å². The Balaban J connectivity index is 1.45. The van der Waals surface area contributed by atoms with Gasteiger partial charge in [-0.15, -0.1) is 0 Å². The molecule has 1 saturated heterocycles. The third-order valence-electron chi connectivity index (χ3n) is 4.99. The second-order valence-corrected chi connectivity index (χ2v) is 7.86. The monoisotopic (exact) mass is 388 g/mol. The first-order chi connectivity index (χ1) is 13.0. The summed E-state index contributed by atoms with van der Waals surface area (Å²) in [6, 6.07) is 16.0. The predicted molar refractivity (Wildman–Crippen MR) is 112 cm³/mol. The van der Waals surface area contributed by atoms with E-state index < -0.39 is 6.10 Å². The molecular weight excluding hydrogens is 360 g/mol. The van der Waals surface area contributed by atoms with Crippen LogP contribution in [0, 0.1) is 0 Å². The van der Waals surface area contributed by atoms with Crippen molar-refractivity contribution in [2.75, 3.05) is 44.2 Å². The number of halogens is 1. The summed E-state index contributed by atoms with van der Waals surface area (Å²) in [4.78, 5) is 4.63. The predicted octanol–water partition coefficient (Wildman–Crippen LogP) is 4.03. The highest BCUT2D eigenvalue weighted by atomic mass is 35.5. The maximum absolute atomic E-state index is 10.4. The molecule has 1 aliphatic rings. The van der Waals surface area contributed by atoms with Gasteiger partial charge in [-0.05, 0) is 35.7 Å². The Hall–Kier alpha value is -1.75. The first-order valence-electron chi connectivity index (χ1n) is 9.65. The number of hydrogen-bond donors (Lipinski definition) is 1. The van der Waals surface area contributed by atoms with Crippen LogP contribution < -0.4 is 9.64 Å². The summed E-state index contributed by atoms with van der Waals surface area (Å²) in [5.74, 6) is 1.27. The van der Waals surface area contributed by atoms with Crippen molar-refractivity contribution >= 4 is 17.3 Å². The summed E-state index contributed by atoms with van der Waals surface area (Å²) in [6.45, 7) is 8.97. The van der Waals surface area contributed by atoms with Crippen molar-refractivity contribution < 1.29 is 9.84 Å². The quantitative estimate of drug-likeness (QED) is 0.777. The van der Waals surface area contributed by atoms with Crippen LogP contribution in [0.15, 0.2) is 48.5 Å². The zero-order valence-corrected chi connectivity index (χ0v) is 16.9. The van der Waals surface area contributed by atoms with E-state index in [-0.39, 0.29) is 0 Å². The zero-order valence-electron chi connectivity index (χ0n) is 16.1. The van der Waals surface area contributed by atoms with Gasteiger partial charge < -0.3 is 14.7 Å². The van der Waals surface area contributed by atoms with Crippen molar-refractivity contribution in [1.82, 2.24) is 4.90 Å². The van der Waals surface area contributed by atoms with E-state index in [4.69, 9.17) is 16.3 Å². The number of hydrogen-bond acceptors (Lipinski definition) is 4. The van der Waals surface area contributed by atoms with Crippen molar-refractivity contribution in [3.8, 4) is 5.75 Å². The number of nitrogens with zero attached hydrogens (tertiary/aromatic N) is 2. The van der Waals surface area contributed by atoms with Crippen molar-refractivity contribution in [2.24, 2.45) is 0 Å². The fourth-order valence-electron chi connectivity index (χ4n) is 3.49. The Morgan fingerprint density at radius 1 is 1.04 bits per heavy atom. The van der Waals surface area contributed by atoms with Crippen molar-refractivity contribution in [1.29, 1.82) is 0 Å². The SMILES string of the molecule is CC(C)c1ccccc1OCC(O)CN1CCN(c2cccc(Cl)c2)CC1. The lowest BCUT2D eigenvalue weighted by Crippen LogP contribution is -2.49. The number of ether oxygens (including phenoxy) is 1. The van der Waals surface area contributed by atoms with E-state index in [0.717, 1.165) is 42.6 Å². The topological polar surface area (TPSA) is 35.9 Å². The molecule has 1 N–H and O–H groups in total. The van der Waals surface area contributed by atoms with Crippen LogP contribution in [-0.2, 0) is 0 Å². The van der Waals surface area contributed by atoms with E-state index in [9.17, 15) is 5.11 Å². The van der Waals surface area contributed by atoms with Crippen LogP contribution in [0.4, 0.5) is 5.69 Å². The molecule has 0 aromatic heterocycles. The Bertz CT molecular complexity index is 730. The number of benzene rings is 2. The van der Waals surface area contributed by atoms with E-state index >= 15 is 0 Å². The Morgan fingerprint density at radius 3 is 2.48 bits per heavy atom. The van der Waals surface area contributed by atoms with Gasteiger partial charge in [0.05, 0.1) is 0 Å². The van der Waals surface area contributed by atoms with Crippen molar-refractivity contribution in [3.05, 3.63) is 59.1 Å². The minimum absolute atomic E-state index is 0.318. The summed E-state index contributed by atoms with van der Waals surface area (Å²) < 4.78 is 5.90. The number of piperazine rings is 1.